The lowest BCUT2D eigenvalue weighted by Crippen LogP contribution is -2.44. The first-order valence-corrected chi connectivity index (χ1v) is 9.24. The zero-order valence-electron chi connectivity index (χ0n) is 12.1. The summed E-state index contributed by atoms with van der Waals surface area (Å²) >= 11 is 0. The molecular weight excluding hydrogens is 260 g/mol. The van der Waals surface area contributed by atoms with Crippen LogP contribution in [0.1, 0.15) is 31.1 Å². The quantitative estimate of drug-likeness (QED) is 0.626. The monoisotopic (exact) mass is 280 g/mol. The Morgan fingerprint density at radius 3 is 2.53 bits per heavy atom. The third kappa shape index (κ3) is 2.47. The van der Waals surface area contributed by atoms with E-state index in [1.165, 1.54) is 0 Å². The predicted octanol–water partition coefficient (Wildman–Crippen LogP) is 3.61. The van der Waals surface area contributed by atoms with E-state index in [0.29, 0.717) is 22.8 Å². The number of carbonyl (C=O) groups is 1. The van der Waals surface area contributed by atoms with Crippen LogP contribution in [-0.2, 0) is 0 Å². The Hall–Kier alpha value is -1.49. The Kier molecular flexibility index (Phi) is 3.34. The summed E-state index contributed by atoms with van der Waals surface area (Å²) in [5, 5.41) is 0.0509. The maximum Gasteiger partial charge on any atom is 0.250 e. The summed E-state index contributed by atoms with van der Waals surface area (Å²) in [6.45, 7) is 10.9. The highest BCUT2D eigenvalue weighted by Crippen LogP contribution is 2.46. The minimum Gasteiger partial charge on any atom is -0.540 e. The van der Waals surface area contributed by atoms with Gasteiger partial charge >= 0.3 is 0 Å². The van der Waals surface area contributed by atoms with Crippen molar-refractivity contribution in [1.82, 2.24) is 0 Å². The molecule has 0 fully saturated rings. The molecule has 19 heavy (non-hydrogen) atoms. The van der Waals surface area contributed by atoms with Gasteiger partial charge in [0.1, 0.15) is 0 Å². The van der Waals surface area contributed by atoms with E-state index in [4.69, 9.17) is 13.9 Å². The maximum atomic E-state index is 11.2. The van der Waals surface area contributed by atoms with Crippen LogP contribution >= 0.6 is 0 Å². The third-order valence-corrected chi connectivity index (χ3v) is 8.14. The van der Waals surface area contributed by atoms with E-state index >= 15 is 0 Å². The molecule has 0 aromatic heterocycles. The van der Waals surface area contributed by atoms with Gasteiger partial charge in [0.25, 0.3) is 8.32 Å². The highest BCUT2D eigenvalue weighted by Gasteiger charge is 2.40. The lowest BCUT2D eigenvalue weighted by atomic mass is 10.2. The van der Waals surface area contributed by atoms with Crippen molar-refractivity contribution in [2.75, 3.05) is 6.79 Å². The first-order valence-electron chi connectivity index (χ1n) is 6.33. The summed E-state index contributed by atoms with van der Waals surface area (Å²) in [6.07, 6.45) is 0.796. The third-order valence-electron chi connectivity index (χ3n) is 3.81. The number of hydrogen-bond donors (Lipinski definition) is 0. The molecule has 1 heterocycles. The van der Waals surface area contributed by atoms with Gasteiger partial charge in [-0.2, -0.15) is 0 Å². The maximum absolute atomic E-state index is 11.2. The second-order valence-electron chi connectivity index (χ2n) is 6.20. The minimum atomic E-state index is -2.03. The average Bonchev–Trinajstić information content (AvgIpc) is 2.76. The molecule has 0 radical (unpaired) electrons. The Labute approximate surface area is 114 Å². The highest BCUT2D eigenvalue weighted by atomic mass is 28.4. The van der Waals surface area contributed by atoms with E-state index in [0.717, 1.165) is 6.29 Å². The molecule has 0 atom stereocenters. The summed E-state index contributed by atoms with van der Waals surface area (Å²) in [7, 11) is -2.03. The molecular formula is C14H20O4Si. The zero-order chi connectivity index (χ0) is 14.3. The Morgan fingerprint density at radius 1 is 1.26 bits per heavy atom. The van der Waals surface area contributed by atoms with Crippen molar-refractivity contribution in [3.05, 3.63) is 17.7 Å². The van der Waals surface area contributed by atoms with E-state index in [9.17, 15) is 4.79 Å². The second kappa shape index (κ2) is 4.56. The summed E-state index contributed by atoms with van der Waals surface area (Å²) < 4.78 is 17.0. The molecule has 0 amide bonds. The summed E-state index contributed by atoms with van der Waals surface area (Å²) in [6, 6.07) is 3.45. The number of benzene rings is 1. The zero-order valence-corrected chi connectivity index (χ0v) is 13.1. The molecule has 0 saturated heterocycles. The van der Waals surface area contributed by atoms with Gasteiger partial charge in [-0.25, -0.2) is 0 Å². The van der Waals surface area contributed by atoms with E-state index < -0.39 is 8.32 Å². The van der Waals surface area contributed by atoms with Crippen molar-refractivity contribution < 1.29 is 18.7 Å². The smallest absolute Gasteiger partial charge is 0.250 e. The number of fused-ring (bicyclic) bond motifs is 1. The van der Waals surface area contributed by atoms with Crippen molar-refractivity contribution >= 4 is 14.6 Å². The fourth-order valence-corrected chi connectivity index (χ4v) is 2.60. The molecule has 104 valence electrons. The van der Waals surface area contributed by atoms with Crippen LogP contribution in [0, 0.1) is 0 Å². The van der Waals surface area contributed by atoms with E-state index in [-0.39, 0.29) is 11.8 Å². The van der Waals surface area contributed by atoms with Crippen LogP contribution in [0.3, 0.4) is 0 Å². The Bertz CT molecular complexity index is 503. The van der Waals surface area contributed by atoms with Crippen LogP contribution in [-0.4, -0.2) is 21.4 Å². The molecule has 0 aliphatic carbocycles. The molecule has 0 unspecified atom stereocenters. The van der Waals surface area contributed by atoms with Gasteiger partial charge < -0.3 is 13.9 Å². The van der Waals surface area contributed by atoms with Crippen LogP contribution in [0.5, 0.6) is 17.2 Å². The lowest BCUT2D eigenvalue weighted by molar-refractivity contribution is 0.112. The second-order valence-corrected chi connectivity index (χ2v) is 10.9. The van der Waals surface area contributed by atoms with Crippen molar-refractivity contribution in [2.24, 2.45) is 0 Å². The normalized spacial score (nSPS) is 14.4. The number of ether oxygens (including phenoxy) is 2. The number of rotatable bonds is 3. The average molecular weight is 280 g/mol. The van der Waals surface area contributed by atoms with Crippen LogP contribution in [0.4, 0.5) is 0 Å². The van der Waals surface area contributed by atoms with Crippen molar-refractivity contribution in [1.29, 1.82) is 0 Å². The van der Waals surface area contributed by atoms with Crippen molar-refractivity contribution in [2.45, 2.75) is 38.9 Å². The van der Waals surface area contributed by atoms with Crippen LogP contribution in [0.2, 0.25) is 18.1 Å². The van der Waals surface area contributed by atoms with Crippen LogP contribution < -0.4 is 13.9 Å². The van der Waals surface area contributed by atoms with Crippen LogP contribution in [0.25, 0.3) is 0 Å². The molecule has 0 spiro atoms. The van der Waals surface area contributed by atoms with Crippen molar-refractivity contribution in [3.63, 3.8) is 0 Å². The Balaban J connectivity index is 2.45. The van der Waals surface area contributed by atoms with Crippen molar-refractivity contribution in [3.8, 4) is 17.2 Å². The molecule has 5 heteroatoms. The van der Waals surface area contributed by atoms with E-state index in [1.54, 1.807) is 12.1 Å². The van der Waals surface area contributed by atoms with Gasteiger partial charge in [-0.05, 0) is 30.3 Å². The van der Waals surface area contributed by atoms with E-state index in [1.807, 2.05) is 0 Å². The fraction of sp³-hybridized carbons (Fsp3) is 0.500. The molecule has 4 nitrogen and oxygen atoms in total. The van der Waals surface area contributed by atoms with Gasteiger partial charge in [0.05, 0.1) is 5.56 Å². The molecule has 1 aliphatic heterocycles. The first-order chi connectivity index (χ1) is 8.76. The molecule has 0 bridgehead atoms. The van der Waals surface area contributed by atoms with Gasteiger partial charge in [-0.15, -0.1) is 0 Å². The molecule has 1 aromatic carbocycles. The minimum absolute atomic E-state index is 0.0509. The van der Waals surface area contributed by atoms with Gasteiger partial charge in [0, 0.05) is 0 Å². The van der Waals surface area contributed by atoms with E-state index in [2.05, 4.69) is 33.9 Å². The Morgan fingerprint density at radius 2 is 1.95 bits per heavy atom. The van der Waals surface area contributed by atoms with Gasteiger partial charge in [0.2, 0.25) is 12.5 Å². The molecule has 1 aliphatic rings. The summed E-state index contributed by atoms with van der Waals surface area (Å²) in [5.74, 6) is 1.71. The molecule has 2 rings (SSSR count). The largest absolute Gasteiger partial charge is 0.540 e. The van der Waals surface area contributed by atoms with Gasteiger partial charge in [0.15, 0.2) is 17.8 Å². The topological polar surface area (TPSA) is 44.8 Å². The lowest BCUT2D eigenvalue weighted by Gasteiger charge is -2.36. The van der Waals surface area contributed by atoms with Crippen LogP contribution in [0.15, 0.2) is 12.1 Å². The summed E-state index contributed by atoms with van der Waals surface area (Å²) in [5.41, 5.74) is 0.508. The molecule has 0 N–H and O–H groups in total. The predicted molar refractivity (Wildman–Crippen MR) is 75.8 cm³/mol. The summed E-state index contributed by atoms with van der Waals surface area (Å²) in [4.78, 5) is 11.2. The van der Waals surface area contributed by atoms with Gasteiger partial charge in [-0.1, -0.05) is 20.8 Å². The highest BCUT2D eigenvalue weighted by molar-refractivity contribution is 6.74. The number of carbonyl (C=O) groups excluding carboxylic acids is 1. The van der Waals surface area contributed by atoms with Gasteiger partial charge in [-0.3, -0.25) is 4.79 Å². The fourth-order valence-electron chi connectivity index (χ4n) is 1.57. The first kappa shape index (κ1) is 13.9. The SMILES string of the molecule is CC(C)(C)[Si](C)(C)Oc1c(C=O)ccc2c1OCO2. The number of hydrogen-bond acceptors (Lipinski definition) is 4. The standard InChI is InChI=1S/C14H20O4Si/c1-14(2,3)19(4,5)18-12-10(8-15)6-7-11-13(12)17-9-16-11/h6-8H,9H2,1-5H3. The number of aldehydes is 1. The molecule has 1 aromatic rings. The molecule has 0 saturated carbocycles.